The molecule has 0 saturated heterocycles. The van der Waals surface area contributed by atoms with Gasteiger partial charge in [0.2, 0.25) is 11.7 Å². The van der Waals surface area contributed by atoms with Crippen LogP contribution in [0.25, 0.3) is 0 Å². The predicted molar refractivity (Wildman–Crippen MR) is 125 cm³/mol. The molecule has 1 spiro atoms. The third-order valence-corrected chi connectivity index (χ3v) is 6.57. The Morgan fingerprint density at radius 3 is 2.53 bits per heavy atom. The number of hydrogen-bond acceptors (Lipinski definition) is 5. The van der Waals surface area contributed by atoms with Crippen LogP contribution in [0.2, 0.25) is 0 Å². The molecule has 9 heteroatoms. The molecular weight excluding hydrogens is 475 g/mol. The number of amides is 1. The van der Waals surface area contributed by atoms with Crippen LogP contribution in [0.5, 0.6) is 11.5 Å². The summed E-state index contributed by atoms with van der Waals surface area (Å²) in [5, 5.41) is 0. The van der Waals surface area contributed by atoms with Gasteiger partial charge in [0.05, 0.1) is 13.2 Å². The van der Waals surface area contributed by atoms with Crippen molar-refractivity contribution in [1.29, 1.82) is 0 Å². The number of benzene rings is 2. The number of carbonyl (C=O) groups excluding carboxylic acids is 1. The van der Waals surface area contributed by atoms with Crippen LogP contribution in [0.15, 0.2) is 59.0 Å². The van der Waals surface area contributed by atoms with E-state index in [0.717, 1.165) is 11.6 Å². The number of ether oxygens (including phenoxy) is 3. The van der Waals surface area contributed by atoms with E-state index in [9.17, 15) is 18.0 Å². The van der Waals surface area contributed by atoms with Crippen molar-refractivity contribution in [2.24, 2.45) is 0 Å². The minimum atomic E-state index is -4.60. The van der Waals surface area contributed by atoms with E-state index >= 15 is 0 Å². The summed E-state index contributed by atoms with van der Waals surface area (Å²) in [7, 11) is 1.59. The lowest BCUT2D eigenvalue weighted by molar-refractivity contribution is -0.153. The third-order valence-electron chi connectivity index (χ3n) is 6.57. The maximum atomic E-state index is 14.3. The molecule has 0 saturated carbocycles. The van der Waals surface area contributed by atoms with Crippen molar-refractivity contribution < 1.29 is 36.6 Å². The second-order valence-electron chi connectivity index (χ2n) is 9.62. The van der Waals surface area contributed by atoms with Crippen molar-refractivity contribution in [3.63, 3.8) is 0 Å². The molecule has 190 valence electrons. The second-order valence-corrected chi connectivity index (χ2v) is 9.62. The SMILES string of the molecule is COCCOc1ccc2c(c1)OC(C)(C)CC21C(=O)N(Cc2ccc(C(F)(F)F)o2)c2ccccc21. The topological polar surface area (TPSA) is 61.1 Å². The maximum absolute atomic E-state index is 14.3. The normalized spacial score (nSPS) is 20.3. The summed E-state index contributed by atoms with van der Waals surface area (Å²) >= 11 is 0. The first-order valence-corrected chi connectivity index (χ1v) is 11.6. The summed E-state index contributed by atoms with van der Waals surface area (Å²) in [5.74, 6) is -0.158. The number of carbonyl (C=O) groups is 1. The molecule has 36 heavy (non-hydrogen) atoms. The van der Waals surface area contributed by atoms with Crippen LogP contribution < -0.4 is 14.4 Å². The number of methoxy groups -OCH3 is 1. The number of halogens is 3. The average molecular weight is 502 g/mol. The first-order valence-electron chi connectivity index (χ1n) is 11.6. The number of hydrogen-bond donors (Lipinski definition) is 0. The summed E-state index contributed by atoms with van der Waals surface area (Å²) < 4.78 is 61.4. The van der Waals surface area contributed by atoms with Crippen molar-refractivity contribution in [2.75, 3.05) is 25.2 Å². The Kier molecular flexibility index (Phi) is 5.78. The molecule has 0 bridgehead atoms. The molecule has 0 aliphatic carbocycles. The lowest BCUT2D eigenvalue weighted by Crippen LogP contribution is -2.50. The molecule has 5 rings (SSSR count). The molecule has 6 nitrogen and oxygen atoms in total. The molecule has 1 unspecified atom stereocenters. The van der Waals surface area contributed by atoms with E-state index in [0.29, 0.717) is 42.4 Å². The number of alkyl halides is 3. The third kappa shape index (κ3) is 4.01. The van der Waals surface area contributed by atoms with Gasteiger partial charge < -0.3 is 23.5 Å². The summed E-state index contributed by atoms with van der Waals surface area (Å²) in [4.78, 5) is 15.8. The number of nitrogens with zero attached hydrogens (tertiary/aromatic N) is 1. The molecule has 1 aromatic heterocycles. The van der Waals surface area contributed by atoms with Gasteiger partial charge in [0.1, 0.15) is 34.9 Å². The Hall–Kier alpha value is -3.46. The van der Waals surface area contributed by atoms with Gasteiger partial charge in [-0.2, -0.15) is 13.2 Å². The zero-order valence-electron chi connectivity index (χ0n) is 20.1. The standard InChI is InChI=1S/C27H26F3NO5/c1-25(2)16-26(20-10-8-17(14-22(20)36-25)34-13-12-33-3)19-6-4-5-7-21(19)31(24(26)32)15-18-9-11-23(35-18)27(28,29)30/h4-11,14H,12-13,15-16H2,1-3H3. The van der Waals surface area contributed by atoms with Crippen LogP contribution in [-0.2, 0) is 27.7 Å². The predicted octanol–water partition coefficient (Wildman–Crippen LogP) is 5.72. The minimum absolute atomic E-state index is 0.0518. The van der Waals surface area contributed by atoms with Gasteiger partial charge in [-0.25, -0.2) is 0 Å². The molecule has 0 N–H and O–H groups in total. The van der Waals surface area contributed by atoms with Crippen LogP contribution in [0.1, 0.15) is 42.9 Å². The summed E-state index contributed by atoms with van der Waals surface area (Å²) in [5.41, 5.74) is 0.333. The van der Waals surface area contributed by atoms with Crippen molar-refractivity contribution in [1.82, 2.24) is 0 Å². The molecule has 0 fully saturated rings. The van der Waals surface area contributed by atoms with Gasteiger partial charge >= 0.3 is 6.18 Å². The lowest BCUT2D eigenvalue weighted by Gasteiger charge is -2.43. The highest BCUT2D eigenvalue weighted by Crippen LogP contribution is 2.56. The second kappa shape index (κ2) is 8.58. The molecule has 1 amide bonds. The highest BCUT2D eigenvalue weighted by atomic mass is 19.4. The Balaban J connectivity index is 1.58. The number of furan rings is 1. The van der Waals surface area contributed by atoms with Gasteiger partial charge in [0.25, 0.3) is 0 Å². The Labute approximate surface area is 206 Å². The van der Waals surface area contributed by atoms with E-state index in [1.807, 2.05) is 32.0 Å². The molecule has 1 atom stereocenters. The summed E-state index contributed by atoms with van der Waals surface area (Å²) in [6, 6.07) is 14.9. The first kappa shape index (κ1) is 24.2. The van der Waals surface area contributed by atoms with Crippen molar-refractivity contribution in [3.05, 3.63) is 77.2 Å². The lowest BCUT2D eigenvalue weighted by atomic mass is 9.67. The molecular formula is C27H26F3NO5. The van der Waals surface area contributed by atoms with E-state index in [1.165, 1.54) is 11.0 Å². The zero-order chi connectivity index (χ0) is 25.7. The van der Waals surface area contributed by atoms with E-state index < -0.39 is 23.0 Å². The molecule has 3 aromatic rings. The number of rotatable bonds is 6. The molecule has 2 aliphatic rings. The highest BCUT2D eigenvalue weighted by Gasteiger charge is 2.58. The number of para-hydroxylation sites is 1. The fourth-order valence-electron chi connectivity index (χ4n) is 5.22. The smallest absolute Gasteiger partial charge is 0.449 e. The van der Waals surface area contributed by atoms with Gasteiger partial charge in [0, 0.05) is 30.8 Å². The summed E-state index contributed by atoms with van der Waals surface area (Å²) in [6.45, 7) is 4.50. The van der Waals surface area contributed by atoms with Gasteiger partial charge in [-0.15, -0.1) is 0 Å². The maximum Gasteiger partial charge on any atom is 0.449 e. The van der Waals surface area contributed by atoms with Gasteiger partial charge in [0.15, 0.2) is 0 Å². The Morgan fingerprint density at radius 1 is 1.03 bits per heavy atom. The molecule has 2 aliphatic heterocycles. The quantitative estimate of drug-likeness (QED) is 0.405. The van der Waals surface area contributed by atoms with Crippen LogP contribution in [-0.4, -0.2) is 31.8 Å². The van der Waals surface area contributed by atoms with Crippen LogP contribution in [0, 0.1) is 0 Å². The Morgan fingerprint density at radius 2 is 1.81 bits per heavy atom. The van der Waals surface area contributed by atoms with Crippen molar-refractivity contribution >= 4 is 11.6 Å². The van der Waals surface area contributed by atoms with Crippen LogP contribution in [0.4, 0.5) is 18.9 Å². The number of fused-ring (bicyclic) bond motifs is 4. The van der Waals surface area contributed by atoms with Crippen LogP contribution >= 0.6 is 0 Å². The summed E-state index contributed by atoms with van der Waals surface area (Å²) in [6.07, 6.45) is -4.24. The monoisotopic (exact) mass is 501 g/mol. The zero-order valence-corrected chi connectivity index (χ0v) is 20.1. The fourth-order valence-corrected chi connectivity index (χ4v) is 5.22. The van der Waals surface area contributed by atoms with E-state index in [1.54, 1.807) is 31.4 Å². The molecule has 2 aromatic carbocycles. The van der Waals surface area contributed by atoms with Crippen molar-refractivity contribution in [3.8, 4) is 11.5 Å². The van der Waals surface area contributed by atoms with Gasteiger partial charge in [-0.3, -0.25) is 4.79 Å². The van der Waals surface area contributed by atoms with E-state index in [2.05, 4.69) is 0 Å². The first-order chi connectivity index (χ1) is 17.0. The fraction of sp³-hybridized carbons (Fsp3) is 0.370. The van der Waals surface area contributed by atoms with Crippen LogP contribution in [0.3, 0.4) is 0 Å². The van der Waals surface area contributed by atoms with Crippen molar-refractivity contribution in [2.45, 2.75) is 44.0 Å². The molecule has 0 radical (unpaired) electrons. The van der Waals surface area contributed by atoms with Gasteiger partial charge in [-0.1, -0.05) is 24.3 Å². The Bertz CT molecular complexity index is 1300. The van der Waals surface area contributed by atoms with E-state index in [-0.39, 0.29) is 18.2 Å². The minimum Gasteiger partial charge on any atom is -0.491 e. The molecule has 3 heterocycles. The largest absolute Gasteiger partial charge is 0.491 e. The number of anilines is 1. The highest BCUT2D eigenvalue weighted by molar-refractivity contribution is 6.11. The van der Waals surface area contributed by atoms with E-state index in [4.69, 9.17) is 18.6 Å². The van der Waals surface area contributed by atoms with Gasteiger partial charge in [-0.05, 0) is 43.7 Å². The average Bonchev–Trinajstić information content (AvgIpc) is 3.37.